The Kier molecular flexibility index (Phi) is 9.44. The van der Waals surface area contributed by atoms with Gasteiger partial charge in [-0.05, 0) is 20.9 Å². The Balaban J connectivity index is 4.47. The predicted octanol–water partition coefficient (Wildman–Crippen LogP) is -1.33. The van der Waals surface area contributed by atoms with Crippen molar-refractivity contribution in [3.63, 3.8) is 0 Å². The topological polar surface area (TPSA) is 118 Å². The van der Waals surface area contributed by atoms with E-state index in [0.29, 0.717) is 12.3 Å². The predicted molar refractivity (Wildman–Crippen MR) is 72.8 cm³/mol. The summed E-state index contributed by atoms with van der Waals surface area (Å²) in [5, 5.41) is 47.8. The van der Waals surface area contributed by atoms with Gasteiger partial charge in [-0.15, -0.1) is 0 Å². The third-order valence-electron chi connectivity index (χ3n) is 2.38. The van der Waals surface area contributed by atoms with Crippen molar-refractivity contribution in [1.82, 2.24) is 0 Å². The zero-order valence-electron chi connectivity index (χ0n) is 10.4. The van der Waals surface area contributed by atoms with Crippen LogP contribution in [0.25, 0.3) is 0 Å². The molecule has 0 bridgehead atoms. The average Bonchev–Trinajstić information content (AvgIpc) is 2.35. The fourth-order valence-electron chi connectivity index (χ4n) is 1.34. The summed E-state index contributed by atoms with van der Waals surface area (Å²) in [5.74, 6) is -1.17. The van der Waals surface area contributed by atoms with Gasteiger partial charge >= 0.3 is 0 Å². The summed E-state index contributed by atoms with van der Waals surface area (Å²) < 4.78 is 0. The van der Waals surface area contributed by atoms with Crippen LogP contribution in [0.4, 0.5) is 0 Å². The summed E-state index contributed by atoms with van der Waals surface area (Å²) in [4.78, 5) is 11.4. The molecule has 0 saturated heterocycles. The Morgan fingerprint density at radius 3 is 1.94 bits per heavy atom. The van der Waals surface area contributed by atoms with Crippen molar-refractivity contribution >= 4 is 22.7 Å². The molecular formula is C10H22O6P2. The number of aliphatic hydroxyl groups excluding tert-OH is 5. The second-order valence-corrected chi connectivity index (χ2v) is 7.07. The zero-order valence-corrected chi connectivity index (χ0v) is 12.4. The smallest absolute Gasteiger partial charge is 0.182 e. The van der Waals surface area contributed by atoms with Gasteiger partial charge in [-0.1, -0.05) is 22.4 Å². The van der Waals surface area contributed by atoms with Crippen molar-refractivity contribution in [1.29, 1.82) is 0 Å². The van der Waals surface area contributed by atoms with E-state index >= 15 is 0 Å². The summed E-state index contributed by atoms with van der Waals surface area (Å²) in [5.41, 5.74) is -0.566. The molecule has 0 aromatic carbocycles. The second kappa shape index (κ2) is 9.27. The van der Waals surface area contributed by atoms with Crippen LogP contribution < -0.4 is 0 Å². The number of carbonyl (C=O) groups excluding carboxylic acids is 1. The number of hydrogen-bond donors (Lipinski definition) is 5. The lowest BCUT2D eigenvalue weighted by atomic mass is 10.0. The van der Waals surface area contributed by atoms with E-state index in [1.165, 1.54) is 0 Å². The van der Waals surface area contributed by atoms with Crippen LogP contribution in [0, 0.1) is 0 Å². The molecule has 5 N–H and O–H groups in total. The molecule has 8 heteroatoms. The molecule has 3 unspecified atom stereocenters. The van der Waals surface area contributed by atoms with E-state index < -0.39 is 35.8 Å². The van der Waals surface area contributed by atoms with Crippen molar-refractivity contribution in [3.05, 3.63) is 0 Å². The highest BCUT2D eigenvalue weighted by atomic mass is 31.1. The van der Waals surface area contributed by atoms with Crippen LogP contribution in [0.15, 0.2) is 0 Å². The van der Waals surface area contributed by atoms with Gasteiger partial charge in [0.1, 0.15) is 24.4 Å². The summed E-state index contributed by atoms with van der Waals surface area (Å²) in [7, 11) is -0.147. The largest absolute Gasteiger partial charge is 0.387 e. The van der Waals surface area contributed by atoms with Gasteiger partial charge in [0.25, 0.3) is 0 Å². The molecule has 0 aromatic heterocycles. The minimum Gasteiger partial charge on any atom is -0.387 e. The fourth-order valence-corrected chi connectivity index (χ4v) is 2.92. The van der Waals surface area contributed by atoms with Gasteiger partial charge < -0.3 is 25.5 Å². The Hall–Kier alpha value is 0.330. The highest BCUT2D eigenvalue weighted by Crippen LogP contribution is 2.23. The van der Waals surface area contributed by atoms with Gasteiger partial charge in [0.05, 0.1) is 5.85 Å². The molecule has 0 saturated carbocycles. The number of rotatable bonds is 9. The van der Waals surface area contributed by atoms with Crippen LogP contribution in [-0.2, 0) is 4.79 Å². The quantitative estimate of drug-likeness (QED) is 0.337. The minimum absolute atomic E-state index is 0.0125. The van der Waals surface area contributed by atoms with Gasteiger partial charge in [-0.2, -0.15) is 0 Å². The maximum atomic E-state index is 11.4. The van der Waals surface area contributed by atoms with Crippen LogP contribution >= 0.6 is 17.2 Å². The third kappa shape index (κ3) is 5.54. The maximum Gasteiger partial charge on any atom is 0.182 e. The normalized spacial score (nSPS) is 21.3. The summed E-state index contributed by atoms with van der Waals surface area (Å²) in [6.07, 6.45) is -5.68. The molecule has 0 aliphatic carbocycles. The molecule has 7 atom stereocenters. The summed E-state index contributed by atoms with van der Waals surface area (Å²) in [6.45, 7) is 3.56. The standard InChI is InChI=1S/C10H22O6P2/c1-3-17-9(15)7(13)5(11)6(12)8(14)10(16)18-4-2/h5-9,11-15,17-18H,3-4H2,1-2H3/t5-,6-,7-,8+,9?/m0/s1. The van der Waals surface area contributed by atoms with Gasteiger partial charge in [-0.25, -0.2) is 0 Å². The Morgan fingerprint density at radius 1 is 0.944 bits per heavy atom. The molecule has 0 radical (unpaired) electrons. The first-order valence-electron chi connectivity index (χ1n) is 5.78. The van der Waals surface area contributed by atoms with Crippen molar-refractivity contribution in [3.8, 4) is 0 Å². The molecule has 0 spiro atoms. The SMILES string of the molecule is CCPC(=O)[C@H](O)[C@@H](O)[C@H](O)[C@H](O)C(O)PCC. The van der Waals surface area contributed by atoms with E-state index in [4.69, 9.17) is 0 Å². The number of aliphatic hydroxyl groups is 5. The van der Waals surface area contributed by atoms with E-state index in [-0.39, 0.29) is 17.2 Å². The summed E-state index contributed by atoms with van der Waals surface area (Å²) >= 11 is 0. The van der Waals surface area contributed by atoms with E-state index in [1.54, 1.807) is 13.8 Å². The fraction of sp³-hybridized carbons (Fsp3) is 0.900. The maximum absolute atomic E-state index is 11.4. The van der Waals surface area contributed by atoms with Crippen LogP contribution in [0.3, 0.4) is 0 Å². The van der Waals surface area contributed by atoms with Crippen LogP contribution in [0.5, 0.6) is 0 Å². The molecule has 108 valence electrons. The average molecular weight is 300 g/mol. The second-order valence-electron chi connectivity index (χ2n) is 3.81. The molecule has 0 amide bonds. The first-order chi connectivity index (χ1) is 8.36. The van der Waals surface area contributed by atoms with Gasteiger partial charge in [0, 0.05) is 0 Å². The van der Waals surface area contributed by atoms with E-state index in [9.17, 15) is 30.3 Å². The van der Waals surface area contributed by atoms with E-state index in [2.05, 4.69) is 0 Å². The first kappa shape index (κ1) is 18.3. The Bertz CT molecular complexity index is 253. The third-order valence-corrected chi connectivity index (χ3v) is 4.55. The van der Waals surface area contributed by atoms with E-state index in [1.807, 2.05) is 0 Å². The highest BCUT2D eigenvalue weighted by molar-refractivity contribution is 7.58. The van der Waals surface area contributed by atoms with Crippen molar-refractivity contribution < 1.29 is 30.3 Å². The monoisotopic (exact) mass is 300 g/mol. The molecule has 0 aliphatic rings. The van der Waals surface area contributed by atoms with Gasteiger partial charge in [0.15, 0.2) is 5.52 Å². The number of hydrogen-bond acceptors (Lipinski definition) is 6. The molecule has 18 heavy (non-hydrogen) atoms. The van der Waals surface area contributed by atoms with Crippen molar-refractivity contribution in [2.24, 2.45) is 0 Å². The molecule has 0 heterocycles. The Morgan fingerprint density at radius 2 is 1.50 bits per heavy atom. The molecule has 0 fully saturated rings. The molecule has 6 nitrogen and oxygen atoms in total. The van der Waals surface area contributed by atoms with Gasteiger partial charge in [-0.3, -0.25) is 4.79 Å². The van der Waals surface area contributed by atoms with Crippen LogP contribution in [0.1, 0.15) is 13.8 Å². The molecule has 0 aromatic rings. The molecule has 0 aliphatic heterocycles. The zero-order chi connectivity index (χ0) is 14.3. The lowest BCUT2D eigenvalue weighted by Crippen LogP contribution is -2.49. The van der Waals surface area contributed by atoms with Gasteiger partial charge in [0.2, 0.25) is 0 Å². The Labute approximate surface area is 110 Å². The lowest BCUT2D eigenvalue weighted by Gasteiger charge is -2.28. The summed E-state index contributed by atoms with van der Waals surface area (Å²) in [6, 6.07) is 0. The molecular weight excluding hydrogens is 278 g/mol. The minimum atomic E-state index is -1.79. The first-order valence-corrected chi connectivity index (χ1v) is 8.27. The number of carbonyl (C=O) groups is 1. The van der Waals surface area contributed by atoms with Crippen molar-refractivity contribution in [2.75, 3.05) is 12.3 Å². The lowest BCUT2D eigenvalue weighted by molar-refractivity contribution is -0.141. The van der Waals surface area contributed by atoms with E-state index in [0.717, 1.165) is 0 Å². The van der Waals surface area contributed by atoms with Crippen molar-refractivity contribution in [2.45, 2.75) is 44.1 Å². The van der Waals surface area contributed by atoms with Crippen LogP contribution in [-0.4, -0.2) is 73.6 Å². The highest BCUT2D eigenvalue weighted by Gasteiger charge is 2.36. The van der Waals surface area contributed by atoms with Crippen LogP contribution in [0.2, 0.25) is 0 Å². The molecule has 0 rings (SSSR count).